The smallest absolute Gasteiger partial charge is 0.254 e. The van der Waals surface area contributed by atoms with E-state index >= 15 is 0 Å². The van der Waals surface area contributed by atoms with Gasteiger partial charge in [0.2, 0.25) is 0 Å². The summed E-state index contributed by atoms with van der Waals surface area (Å²) in [4.78, 5) is 11.7. The highest BCUT2D eigenvalue weighted by atomic mass is 19.1. The molecule has 20 heavy (non-hydrogen) atoms. The minimum atomic E-state index is -0.524. The number of nitrogens with one attached hydrogen (secondary N) is 1. The molecule has 0 heterocycles. The number of aryl methyl sites for hydroxylation is 1. The monoisotopic (exact) mass is 273 g/mol. The van der Waals surface area contributed by atoms with Crippen LogP contribution in [0, 0.1) is 12.7 Å². The molecule has 0 saturated heterocycles. The molecule has 2 rings (SSSR count). The van der Waals surface area contributed by atoms with Crippen molar-refractivity contribution in [3.05, 3.63) is 65.5 Å². The van der Waals surface area contributed by atoms with E-state index in [0.29, 0.717) is 13.2 Å². The Labute approximate surface area is 117 Å². The van der Waals surface area contributed by atoms with Crippen molar-refractivity contribution in [3.63, 3.8) is 0 Å². The van der Waals surface area contributed by atoms with Crippen LogP contribution in [-0.2, 0) is 0 Å². The summed E-state index contributed by atoms with van der Waals surface area (Å²) in [5.74, 6) is -0.212. The van der Waals surface area contributed by atoms with E-state index in [-0.39, 0.29) is 5.56 Å². The SMILES string of the molecule is Cc1ccc(OCCNC(=O)c2ccccc2F)cc1. The third-order valence-corrected chi connectivity index (χ3v) is 2.80. The van der Waals surface area contributed by atoms with Crippen molar-refractivity contribution in [1.29, 1.82) is 0 Å². The minimum Gasteiger partial charge on any atom is -0.492 e. The summed E-state index contributed by atoms with van der Waals surface area (Å²) < 4.78 is 18.8. The molecule has 0 aromatic heterocycles. The van der Waals surface area contributed by atoms with Crippen molar-refractivity contribution in [2.75, 3.05) is 13.2 Å². The van der Waals surface area contributed by atoms with Crippen LogP contribution in [-0.4, -0.2) is 19.1 Å². The largest absolute Gasteiger partial charge is 0.492 e. The second kappa shape index (κ2) is 6.70. The quantitative estimate of drug-likeness (QED) is 0.851. The van der Waals surface area contributed by atoms with E-state index in [0.717, 1.165) is 11.3 Å². The number of halogens is 1. The predicted molar refractivity (Wildman–Crippen MR) is 75.4 cm³/mol. The molecular weight excluding hydrogens is 257 g/mol. The van der Waals surface area contributed by atoms with Crippen LogP contribution in [0.15, 0.2) is 48.5 Å². The molecule has 0 bridgehead atoms. The average molecular weight is 273 g/mol. The lowest BCUT2D eigenvalue weighted by Crippen LogP contribution is -2.28. The van der Waals surface area contributed by atoms with Crippen LogP contribution in [0.1, 0.15) is 15.9 Å². The van der Waals surface area contributed by atoms with Crippen molar-refractivity contribution < 1.29 is 13.9 Å². The van der Waals surface area contributed by atoms with E-state index in [9.17, 15) is 9.18 Å². The van der Waals surface area contributed by atoms with Crippen LogP contribution in [0.3, 0.4) is 0 Å². The number of rotatable bonds is 5. The van der Waals surface area contributed by atoms with Gasteiger partial charge in [0.15, 0.2) is 0 Å². The molecule has 0 aliphatic rings. The Morgan fingerprint density at radius 1 is 1.15 bits per heavy atom. The molecule has 1 amide bonds. The number of ether oxygens (including phenoxy) is 1. The highest BCUT2D eigenvalue weighted by molar-refractivity contribution is 5.94. The molecule has 0 spiro atoms. The lowest BCUT2D eigenvalue weighted by molar-refractivity contribution is 0.0943. The maximum absolute atomic E-state index is 13.4. The summed E-state index contributed by atoms with van der Waals surface area (Å²) in [5.41, 5.74) is 1.20. The first-order chi connectivity index (χ1) is 9.66. The molecule has 4 heteroatoms. The average Bonchev–Trinajstić information content (AvgIpc) is 2.46. The molecule has 1 N–H and O–H groups in total. The molecule has 0 unspecified atom stereocenters. The van der Waals surface area contributed by atoms with Crippen LogP contribution in [0.4, 0.5) is 4.39 Å². The summed E-state index contributed by atoms with van der Waals surface area (Å²) in [7, 11) is 0. The molecule has 0 saturated carbocycles. The molecule has 0 atom stereocenters. The Morgan fingerprint density at radius 3 is 2.55 bits per heavy atom. The maximum atomic E-state index is 13.4. The van der Waals surface area contributed by atoms with Crippen molar-refractivity contribution in [2.24, 2.45) is 0 Å². The normalized spacial score (nSPS) is 10.1. The molecule has 0 aliphatic carbocycles. The fraction of sp³-hybridized carbons (Fsp3) is 0.188. The topological polar surface area (TPSA) is 38.3 Å². The number of benzene rings is 2. The Hall–Kier alpha value is -2.36. The summed E-state index contributed by atoms with van der Waals surface area (Å²) >= 11 is 0. The fourth-order valence-corrected chi connectivity index (χ4v) is 1.71. The van der Waals surface area contributed by atoms with Crippen molar-refractivity contribution in [1.82, 2.24) is 5.32 Å². The lowest BCUT2D eigenvalue weighted by Gasteiger charge is -2.08. The predicted octanol–water partition coefficient (Wildman–Crippen LogP) is 2.94. The van der Waals surface area contributed by atoms with Gasteiger partial charge in [-0.2, -0.15) is 0 Å². The van der Waals surface area contributed by atoms with Crippen LogP contribution >= 0.6 is 0 Å². The Bertz CT molecular complexity index is 581. The zero-order valence-corrected chi connectivity index (χ0v) is 11.2. The van der Waals surface area contributed by atoms with Gasteiger partial charge in [0.1, 0.15) is 18.2 Å². The van der Waals surface area contributed by atoms with E-state index < -0.39 is 11.7 Å². The zero-order chi connectivity index (χ0) is 14.4. The van der Waals surface area contributed by atoms with E-state index in [1.165, 1.54) is 12.1 Å². The number of carbonyl (C=O) groups is 1. The van der Waals surface area contributed by atoms with Gasteiger partial charge in [-0.05, 0) is 31.2 Å². The Morgan fingerprint density at radius 2 is 1.85 bits per heavy atom. The van der Waals surface area contributed by atoms with Gasteiger partial charge in [0.05, 0.1) is 12.1 Å². The minimum absolute atomic E-state index is 0.0443. The van der Waals surface area contributed by atoms with Crippen LogP contribution in [0.2, 0.25) is 0 Å². The first kappa shape index (κ1) is 14.1. The van der Waals surface area contributed by atoms with E-state index in [2.05, 4.69) is 5.32 Å². The molecule has 104 valence electrons. The van der Waals surface area contributed by atoms with Gasteiger partial charge in [-0.15, -0.1) is 0 Å². The van der Waals surface area contributed by atoms with E-state index in [1.54, 1.807) is 12.1 Å². The van der Waals surface area contributed by atoms with Gasteiger partial charge in [-0.1, -0.05) is 29.8 Å². The second-order valence-corrected chi connectivity index (χ2v) is 4.40. The first-order valence-corrected chi connectivity index (χ1v) is 6.39. The summed E-state index contributed by atoms with van der Waals surface area (Å²) in [6.07, 6.45) is 0. The van der Waals surface area contributed by atoms with Gasteiger partial charge in [-0.3, -0.25) is 4.79 Å². The van der Waals surface area contributed by atoms with E-state index in [1.807, 2.05) is 31.2 Å². The molecule has 2 aromatic rings. The van der Waals surface area contributed by atoms with Crippen molar-refractivity contribution in [2.45, 2.75) is 6.92 Å². The fourth-order valence-electron chi connectivity index (χ4n) is 1.71. The van der Waals surface area contributed by atoms with Gasteiger partial charge >= 0.3 is 0 Å². The number of amides is 1. The number of carbonyl (C=O) groups excluding carboxylic acids is 1. The standard InChI is InChI=1S/C16H16FNO2/c1-12-6-8-13(9-7-12)20-11-10-18-16(19)14-4-2-3-5-15(14)17/h2-9H,10-11H2,1H3,(H,18,19). The molecule has 0 aliphatic heterocycles. The third-order valence-electron chi connectivity index (χ3n) is 2.80. The zero-order valence-electron chi connectivity index (χ0n) is 11.2. The first-order valence-electron chi connectivity index (χ1n) is 6.39. The highest BCUT2D eigenvalue weighted by Crippen LogP contribution is 2.11. The van der Waals surface area contributed by atoms with Crippen molar-refractivity contribution in [3.8, 4) is 5.75 Å². The van der Waals surface area contributed by atoms with Gasteiger partial charge in [-0.25, -0.2) is 4.39 Å². The lowest BCUT2D eigenvalue weighted by atomic mass is 10.2. The Balaban J connectivity index is 1.77. The third kappa shape index (κ3) is 3.82. The highest BCUT2D eigenvalue weighted by Gasteiger charge is 2.09. The molecule has 3 nitrogen and oxygen atoms in total. The van der Waals surface area contributed by atoms with E-state index in [4.69, 9.17) is 4.74 Å². The molecule has 0 radical (unpaired) electrons. The number of hydrogen-bond acceptors (Lipinski definition) is 2. The molecule has 0 fully saturated rings. The van der Waals surface area contributed by atoms with Crippen molar-refractivity contribution >= 4 is 5.91 Å². The summed E-state index contributed by atoms with van der Waals surface area (Å²) in [5, 5.41) is 2.62. The van der Waals surface area contributed by atoms with Gasteiger partial charge in [0.25, 0.3) is 5.91 Å². The van der Waals surface area contributed by atoms with Crippen LogP contribution < -0.4 is 10.1 Å². The molecular formula is C16H16FNO2. The Kier molecular flexibility index (Phi) is 4.71. The number of hydrogen-bond donors (Lipinski definition) is 1. The maximum Gasteiger partial charge on any atom is 0.254 e. The van der Waals surface area contributed by atoms with Gasteiger partial charge < -0.3 is 10.1 Å². The van der Waals surface area contributed by atoms with Gasteiger partial charge in [0, 0.05) is 0 Å². The summed E-state index contributed by atoms with van der Waals surface area (Å²) in [6, 6.07) is 13.5. The summed E-state index contributed by atoms with van der Waals surface area (Å²) in [6.45, 7) is 2.66. The van der Waals surface area contributed by atoms with Crippen LogP contribution in [0.25, 0.3) is 0 Å². The molecule has 2 aromatic carbocycles. The second-order valence-electron chi connectivity index (χ2n) is 4.40. The van der Waals surface area contributed by atoms with Crippen LogP contribution in [0.5, 0.6) is 5.75 Å².